The molecule has 6 heteroatoms. The predicted octanol–water partition coefficient (Wildman–Crippen LogP) is 2.08. The second kappa shape index (κ2) is 6.66. The quantitative estimate of drug-likeness (QED) is 0.729. The number of nitrogens with zero attached hydrogens (tertiary/aromatic N) is 4. The van der Waals surface area contributed by atoms with E-state index in [2.05, 4.69) is 32.7 Å². The highest BCUT2D eigenvalue weighted by Gasteiger charge is 2.05. The van der Waals surface area contributed by atoms with Crippen molar-refractivity contribution in [1.82, 2.24) is 14.4 Å². The molecular weight excluding hydrogens is 290 g/mol. The number of fused-ring (bicyclic) bond motifs is 1. The second-order valence-electron chi connectivity index (χ2n) is 5.53. The van der Waals surface area contributed by atoms with Crippen molar-refractivity contribution in [3.8, 4) is 0 Å². The van der Waals surface area contributed by atoms with E-state index in [1.54, 1.807) is 6.20 Å². The van der Waals surface area contributed by atoms with Crippen LogP contribution in [0.2, 0.25) is 0 Å². The summed E-state index contributed by atoms with van der Waals surface area (Å²) in [4.78, 5) is 10.8. The molecule has 3 heterocycles. The molecule has 0 spiro atoms. The molecule has 6 nitrogen and oxygen atoms in total. The molecule has 0 unspecified atom stereocenters. The van der Waals surface area contributed by atoms with Gasteiger partial charge in [0.05, 0.1) is 36.9 Å². The van der Waals surface area contributed by atoms with Crippen LogP contribution in [0.3, 0.4) is 0 Å². The molecule has 0 atom stereocenters. The average molecular weight is 311 g/mol. The van der Waals surface area contributed by atoms with E-state index >= 15 is 0 Å². The first-order valence-electron chi connectivity index (χ1n) is 7.62. The summed E-state index contributed by atoms with van der Waals surface area (Å²) in [6, 6.07) is 8.02. The van der Waals surface area contributed by atoms with E-state index in [0.29, 0.717) is 13.1 Å². The van der Waals surface area contributed by atoms with Gasteiger partial charge in [-0.2, -0.15) is 0 Å². The molecular formula is C17H21N5O. The van der Waals surface area contributed by atoms with E-state index in [1.807, 2.05) is 42.5 Å². The van der Waals surface area contributed by atoms with Crippen molar-refractivity contribution in [3.63, 3.8) is 0 Å². The minimum Gasteiger partial charge on any atom is -0.395 e. The number of aliphatic hydroxyl groups excluding tert-OH is 1. The Morgan fingerprint density at radius 2 is 2.09 bits per heavy atom. The molecule has 0 aromatic carbocycles. The molecule has 3 aromatic heterocycles. The first-order chi connectivity index (χ1) is 11.2. The molecule has 0 saturated heterocycles. The molecule has 3 rings (SSSR count). The molecule has 0 fully saturated rings. The maximum atomic E-state index is 8.97. The number of aryl methyl sites for hydroxylation is 1. The van der Waals surface area contributed by atoms with Crippen molar-refractivity contribution >= 4 is 17.2 Å². The molecule has 0 bridgehead atoms. The first kappa shape index (κ1) is 15.3. The van der Waals surface area contributed by atoms with Gasteiger partial charge in [0.25, 0.3) is 0 Å². The zero-order chi connectivity index (χ0) is 16.2. The Balaban J connectivity index is 1.69. The van der Waals surface area contributed by atoms with Crippen molar-refractivity contribution in [2.24, 2.45) is 0 Å². The van der Waals surface area contributed by atoms with Gasteiger partial charge in [-0.3, -0.25) is 0 Å². The number of hydrogen-bond donors (Lipinski definition) is 2. The Hall–Kier alpha value is -2.60. The number of nitrogens with one attached hydrogen (secondary N) is 1. The lowest BCUT2D eigenvalue weighted by Crippen LogP contribution is -2.21. The van der Waals surface area contributed by atoms with E-state index < -0.39 is 0 Å². The van der Waals surface area contributed by atoms with Gasteiger partial charge < -0.3 is 19.7 Å². The smallest absolute Gasteiger partial charge is 0.139 e. The Morgan fingerprint density at radius 3 is 2.83 bits per heavy atom. The molecule has 0 amide bonds. The highest BCUT2D eigenvalue weighted by atomic mass is 16.3. The van der Waals surface area contributed by atoms with Crippen LogP contribution >= 0.6 is 0 Å². The average Bonchev–Trinajstić information content (AvgIpc) is 2.98. The van der Waals surface area contributed by atoms with Gasteiger partial charge in [-0.25, -0.2) is 9.97 Å². The van der Waals surface area contributed by atoms with Crippen LogP contribution in [0.4, 0.5) is 11.5 Å². The number of likely N-dealkylation sites (N-methyl/N-ethyl adjacent to an activating group) is 1. The number of pyridine rings is 2. The minimum atomic E-state index is 0.129. The maximum Gasteiger partial charge on any atom is 0.139 e. The van der Waals surface area contributed by atoms with Crippen LogP contribution in [0.15, 0.2) is 42.9 Å². The molecule has 23 heavy (non-hydrogen) atoms. The summed E-state index contributed by atoms with van der Waals surface area (Å²) in [5, 5.41) is 12.3. The van der Waals surface area contributed by atoms with Crippen LogP contribution < -0.4 is 10.2 Å². The fourth-order valence-corrected chi connectivity index (χ4v) is 2.51. The van der Waals surface area contributed by atoms with Crippen LogP contribution in [0.1, 0.15) is 11.3 Å². The fraction of sp³-hybridized carbons (Fsp3) is 0.294. The molecule has 0 radical (unpaired) electrons. The monoisotopic (exact) mass is 311 g/mol. The summed E-state index contributed by atoms with van der Waals surface area (Å²) >= 11 is 0. The lowest BCUT2D eigenvalue weighted by molar-refractivity contribution is 0.304. The third-order valence-electron chi connectivity index (χ3n) is 3.88. The zero-order valence-electron chi connectivity index (χ0n) is 13.4. The van der Waals surface area contributed by atoms with Gasteiger partial charge >= 0.3 is 0 Å². The van der Waals surface area contributed by atoms with Gasteiger partial charge in [0.1, 0.15) is 11.5 Å². The lowest BCUT2D eigenvalue weighted by atomic mass is 10.3. The van der Waals surface area contributed by atoms with Crippen molar-refractivity contribution in [3.05, 3.63) is 54.1 Å². The molecule has 2 N–H and O–H groups in total. The van der Waals surface area contributed by atoms with E-state index in [9.17, 15) is 0 Å². The van der Waals surface area contributed by atoms with Crippen molar-refractivity contribution in [2.75, 3.05) is 30.4 Å². The van der Waals surface area contributed by atoms with E-state index in [4.69, 9.17) is 5.11 Å². The molecule has 0 saturated carbocycles. The summed E-state index contributed by atoms with van der Waals surface area (Å²) < 4.78 is 2.09. The Bertz CT molecular complexity index is 781. The Morgan fingerprint density at radius 1 is 1.22 bits per heavy atom. The highest BCUT2D eigenvalue weighted by Crippen LogP contribution is 2.15. The van der Waals surface area contributed by atoms with E-state index in [-0.39, 0.29) is 6.61 Å². The van der Waals surface area contributed by atoms with Gasteiger partial charge in [0.2, 0.25) is 0 Å². The first-order valence-corrected chi connectivity index (χ1v) is 7.62. The topological polar surface area (TPSA) is 65.7 Å². The van der Waals surface area contributed by atoms with Gasteiger partial charge in [-0.1, -0.05) is 6.07 Å². The van der Waals surface area contributed by atoms with Crippen molar-refractivity contribution in [2.45, 2.75) is 13.5 Å². The normalized spacial score (nSPS) is 10.9. The molecule has 120 valence electrons. The van der Waals surface area contributed by atoms with Crippen LogP contribution in [0, 0.1) is 6.92 Å². The summed E-state index contributed by atoms with van der Waals surface area (Å²) in [6.07, 6.45) is 5.71. The van der Waals surface area contributed by atoms with Crippen LogP contribution in [0.5, 0.6) is 0 Å². The number of anilines is 2. The zero-order valence-corrected chi connectivity index (χ0v) is 13.4. The highest BCUT2D eigenvalue weighted by molar-refractivity contribution is 5.50. The van der Waals surface area contributed by atoms with Gasteiger partial charge in [-0.05, 0) is 30.7 Å². The molecule has 0 aliphatic carbocycles. The predicted molar refractivity (Wildman–Crippen MR) is 91.8 cm³/mol. The summed E-state index contributed by atoms with van der Waals surface area (Å²) in [7, 11) is 1.93. The number of hydrogen-bond acceptors (Lipinski definition) is 5. The van der Waals surface area contributed by atoms with Crippen LogP contribution in [0.25, 0.3) is 5.65 Å². The SMILES string of the molecule is Cc1cccn2c(CNc3ccc(N(C)CCO)cn3)cnc12. The summed E-state index contributed by atoms with van der Waals surface area (Å²) in [5.41, 5.74) is 4.22. The minimum absolute atomic E-state index is 0.129. The third-order valence-corrected chi connectivity index (χ3v) is 3.88. The fourth-order valence-electron chi connectivity index (χ4n) is 2.51. The second-order valence-corrected chi connectivity index (χ2v) is 5.53. The number of rotatable bonds is 6. The van der Waals surface area contributed by atoms with Gasteiger partial charge in [0, 0.05) is 19.8 Å². The van der Waals surface area contributed by atoms with Gasteiger partial charge in [0.15, 0.2) is 0 Å². The maximum absolute atomic E-state index is 8.97. The largest absolute Gasteiger partial charge is 0.395 e. The van der Waals surface area contributed by atoms with E-state index in [1.165, 1.54) is 0 Å². The standard InChI is InChI=1S/C17H21N5O/c1-13-4-3-7-22-15(12-20-17(13)22)11-19-16-6-5-14(10-18-16)21(2)8-9-23/h3-7,10,12,23H,8-9,11H2,1-2H3,(H,18,19). The Labute approximate surface area is 135 Å². The van der Waals surface area contributed by atoms with E-state index in [0.717, 1.165) is 28.4 Å². The van der Waals surface area contributed by atoms with Gasteiger partial charge in [-0.15, -0.1) is 0 Å². The number of aromatic nitrogens is 3. The number of aliphatic hydroxyl groups is 1. The molecule has 0 aliphatic heterocycles. The van der Waals surface area contributed by atoms with Crippen molar-refractivity contribution < 1.29 is 5.11 Å². The summed E-state index contributed by atoms with van der Waals surface area (Å²) in [6.45, 7) is 3.44. The number of imidazole rings is 1. The van der Waals surface area contributed by atoms with Crippen LogP contribution in [-0.4, -0.2) is 39.7 Å². The third kappa shape index (κ3) is 3.27. The molecule has 0 aliphatic rings. The summed E-state index contributed by atoms with van der Waals surface area (Å²) in [5.74, 6) is 0.814. The Kier molecular flexibility index (Phi) is 4.43. The molecule has 3 aromatic rings. The van der Waals surface area contributed by atoms with Crippen molar-refractivity contribution in [1.29, 1.82) is 0 Å². The lowest BCUT2D eigenvalue weighted by Gasteiger charge is -2.17. The van der Waals surface area contributed by atoms with Crippen LogP contribution in [-0.2, 0) is 6.54 Å².